The highest BCUT2D eigenvalue weighted by atomic mass is 32.2. The molecule has 0 saturated heterocycles. The highest BCUT2D eigenvalue weighted by Crippen LogP contribution is 2.05. The molecule has 1 aromatic carbocycles. The van der Waals surface area contributed by atoms with Gasteiger partial charge in [0.15, 0.2) is 0 Å². The quantitative estimate of drug-likeness (QED) is 0.782. The van der Waals surface area contributed by atoms with Gasteiger partial charge in [-0.2, -0.15) is 0 Å². The SMILES string of the molecule is CS(=O)(=O)NC(=O)[C@H](N)Cc1cccc(F)c1. The number of hydrogen-bond donors (Lipinski definition) is 2. The van der Waals surface area contributed by atoms with Gasteiger partial charge in [-0.25, -0.2) is 12.8 Å². The van der Waals surface area contributed by atoms with Gasteiger partial charge in [-0.05, 0) is 24.1 Å². The second kappa shape index (κ2) is 5.24. The number of sulfonamides is 1. The van der Waals surface area contributed by atoms with Gasteiger partial charge in [-0.3, -0.25) is 9.52 Å². The van der Waals surface area contributed by atoms with Gasteiger partial charge in [0.05, 0.1) is 12.3 Å². The Morgan fingerprint density at radius 3 is 2.71 bits per heavy atom. The second-order valence-electron chi connectivity index (χ2n) is 3.68. The molecule has 0 heterocycles. The lowest BCUT2D eigenvalue weighted by Gasteiger charge is -2.11. The number of halogens is 1. The molecule has 1 amide bonds. The fourth-order valence-electron chi connectivity index (χ4n) is 1.27. The third kappa shape index (κ3) is 4.92. The topological polar surface area (TPSA) is 89.3 Å². The molecule has 1 atom stereocenters. The molecule has 0 saturated carbocycles. The van der Waals surface area contributed by atoms with Crippen molar-refractivity contribution in [2.75, 3.05) is 6.26 Å². The number of hydrogen-bond acceptors (Lipinski definition) is 4. The van der Waals surface area contributed by atoms with Crippen molar-refractivity contribution in [1.29, 1.82) is 0 Å². The Morgan fingerprint density at radius 1 is 1.53 bits per heavy atom. The first-order valence-electron chi connectivity index (χ1n) is 4.79. The molecule has 0 radical (unpaired) electrons. The highest BCUT2D eigenvalue weighted by molar-refractivity contribution is 7.89. The summed E-state index contributed by atoms with van der Waals surface area (Å²) in [4.78, 5) is 11.3. The summed E-state index contributed by atoms with van der Waals surface area (Å²) in [6.07, 6.45) is 0.929. The van der Waals surface area contributed by atoms with Crippen LogP contribution in [0.25, 0.3) is 0 Å². The highest BCUT2D eigenvalue weighted by Gasteiger charge is 2.17. The van der Waals surface area contributed by atoms with E-state index >= 15 is 0 Å². The summed E-state index contributed by atoms with van der Waals surface area (Å²) in [5.41, 5.74) is 6.04. The molecule has 94 valence electrons. The van der Waals surface area contributed by atoms with Gasteiger partial charge in [0, 0.05) is 0 Å². The van der Waals surface area contributed by atoms with Crippen molar-refractivity contribution in [3.8, 4) is 0 Å². The van der Waals surface area contributed by atoms with Crippen LogP contribution >= 0.6 is 0 Å². The van der Waals surface area contributed by atoms with E-state index in [1.54, 1.807) is 10.8 Å². The Bertz CT molecular complexity index is 516. The first-order chi connectivity index (χ1) is 7.78. The molecule has 0 aliphatic rings. The average molecular weight is 260 g/mol. The van der Waals surface area contributed by atoms with Gasteiger partial charge in [-0.1, -0.05) is 12.1 Å². The van der Waals surface area contributed by atoms with Crippen molar-refractivity contribution in [2.24, 2.45) is 5.73 Å². The van der Waals surface area contributed by atoms with E-state index in [9.17, 15) is 17.6 Å². The smallest absolute Gasteiger partial charge is 0.250 e. The predicted molar refractivity (Wildman–Crippen MR) is 61.1 cm³/mol. The Balaban J connectivity index is 2.66. The van der Waals surface area contributed by atoms with Crippen molar-refractivity contribution in [2.45, 2.75) is 12.5 Å². The van der Waals surface area contributed by atoms with Crippen molar-refractivity contribution in [3.63, 3.8) is 0 Å². The zero-order valence-electron chi connectivity index (χ0n) is 9.18. The Morgan fingerprint density at radius 2 is 2.18 bits per heavy atom. The van der Waals surface area contributed by atoms with Crippen molar-refractivity contribution in [1.82, 2.24) is 4.72 Å². The zero-order chi connectivity index (χ0) is 13.1. The number of carbonyl (C=O) groups is 1. The molecule has 1 aromatic rings. The first kappa shape index (κ1) is 13.6. The van der Waals surface area contributed by atoms with Gasteiger partial charge >= 0.3 is 0 Å². The largest absolute Gasteiger partial charge is 0.320 e. The fraction of sp³-hybridized carbons (Fsp3) is 0.300. The van der Waals surface area contributed by atoms with Crippen LogP contribution in [0.15, 0.2) is 24.3 Å². The lowest BCUT2D eigenvalue weighted by atomic mass is 10.1. The lowest BCUT2D eigenvalue weighted by molar-refractivity contribution is -0.120. The molecular formula is C10H13FN2O3S. The molecule has 0 fully saturated rings. The third-order valence-corrected chi connectivity index (χ3v) is 2.54. The lowest BCUT2D eigenvalue weighted by Crippen LogP contribution is -2.44. The van der Waals surface area contributed by atoms with Crippen LogP contribution in [0.1, 0.15) is 5.56 Å². The number of amides is 1. The minimum absolute atomic E-state index is 0.0686. The Kier molecular flexibility index (Phi) is 4.19. The van der Waals surface area contributed by atoms with Gasteiger partial charge in [0.2, 0.25) is 10.0 Å². The van der Waals surface area contributed by atoms with Crippen LogP contribution in [0, 0.1) is 5.82 Å². The van der Waals surface area contributed by atoms with E-state index in [1.807, 2.05) is 0 Å². The van der Waals surface area contributed by atoms with E-state index in [2.05, 4.69) is 0 Å². The third-order valence-electron chi connectivity index (χ3n) is 1.97. The maximum absolute atomic E-state index is 12.9. The normalized spacial score (nSPS) is 13.1. The summed E-state index contributed by atoms with van der Waals surface area (Å²) in [5, 5.41) is 0. The minimum Gasteiger partial charge on any atom is -0.320 e. The minimum atomic E-state index is -3.62. The maximum atomic E-state index is 12.9. The molecule has 0 spiro atoms. The summed E-state index contributed by atoms with van der Waals surface area (Å²) in [7, 11) is -3.62. The van der Waals surface area contributed by atoms with Crippen molar-refractivity contribution >= 4 is 15.9 Å². The van der Waals surface area contributed by atoms with Crippen LogP contribution in [-0.2, 0) is 21.2 Å². The molecule has 1 rings (SSSR count). The molecule has 5 nitrogen and oxygen atoms in total. The Labute approximate surface area is 98.9 Å². The van der Waals surface area contributed by atoms with Gasteiger partial charge in [-0.15, -0.1) is 0 Å². The maximum Gasteiger partial charge on any atom is 0.250 e. The predicted octanol–water partition coefficient (Wildman–Crippen LogP) is -0.229. The van der Waals surface area contributed by atoms with E-state index < -0.39 is 27.8 Å². The van der Waals surface area contributed by atoms with Gasteiger partial charge in [0.1, 0.15) is 5.82 Å². The summed E-state index contributed by atoms with van der Waals surface area (Å²) < 4.78 is 36.2. The summed E-state index contributed by atoms with van der Waals surface area (Å²) in [6.45, 7) is 0. The van der Waals surface area contributed by atoms with E-state index in [4.69, 9.17) is 5.73 Å². The molecule has 0 aliphatic heterocycles. The standard InChI is InChI=1S/C10H13FN2O3S/c1-17(15,16)13-10(14)9(12)6-7-3-2-4-8(11)5-7/h2-5,9H,6,12H2,1H3,(H,13,14)/t9-/m1/s1. The van der Waals surface area contributed by atoms with Gasteiger partial charge in [0.25, 0.3) is 5.91 Å². The van der Waals surface area contributed by atoms with E-state index in [0.29, 0.717) is 5.56 Å². The number of rotatable bonds is 4. The Hall–Kier alpha value is -1.47. The molecule has 17 heavy (non-hydrogen) atoms. The van der Waals surface area contributed by atoms with Gasteiger partial charge < -0.3 is 5.73 Å². The van der Waals surface area contributed by atoms with E-state index in [1.165, 1.54) is 18.2 Å². The van der Waals surface area contributed by atoms with Crippen LogP contribution in [0.5, 0.6) is 0 Å². The second-order valence-corrected chi connectivity index (χ2v) is 5.43. The molecule has 3 N–H and O–H groups in total. The average Bonchev–Trinajstić information content (AvgIpc) is 2.14. The number of nitrogens with one attached hydrogen (secondary N) is 1. The van der Waals surface area contributed by atoms with Crippen LogP contribution < -0.4 is 10.5 Å². The number of nitrogens with two attached hydrogens (primary N) is 1. The van der Waals surface area contributed by atoms with Crippen LogP contribution in [-0.4, -0.2) is 26.6 Å². The van der Waals surface area contributed by atoms with Crippen LogP contribution in [0.2, 0.25) is 0 Å². The number of benzene rings is 1. The molecule has 0 aliphatic carbocycles. The summed E-state index contributed by atoms with van der Waals surface area (Å²) >= 11 is 0. The molecule has 0 aromatic heterocycles. The zero-order valence-corrected chi connectivity index (χ0v) is 10.00. The fourth-order valence-corrected chi connectivity index (χ4v) is 1.79. The summed E-state index contributed by atoms with van der Waals surface area (Å²) in [6, 6.07) is 4.58. The van der Waals surface area contributed by atoms with Crippen LogP contribution in [0.3, 0.4) is 0 Å². The molecular weight excluding hydrogens is 247 g/mol. The first-order valence-corrected chi connectivity index (χ1v) is 6.69. The van der Waals surface area contributed by atoms with E-state index in [-0.39, 0.29) is 6.42 Å². The monoisotopic (exact) mass is 260 g/mol. The van der Waals surface area contributed by atoms with Crippen molar-refractivity contribution in [3.05, 3.63) is 35.6 Å². The summed E-state index contributed by atoms with van der Waals surface area (Å²) in [5.74, 6) is -1.24. The van der Waals surface area contributed by atoms with Crippen LogP contribution in [0.4, 0.5) is 4.39 Å². The molecule has 0 unspecified atom stereocenters. The van der Waals surface area contributed by atoms with Crippen molar-refractivity contribution < 1.29 is 17.6 Å². The number of carbonyl (C=O) groups excluding carboxylic acids is 1. The van der Waals surface area contributed by atoms with E-state index in [0.717, 1.165) is 6.26 Å². The molecule has 0 bridgehead atoms. The molecule has 7 heteroatoms.